The quantitative estimate of drug-likeness (QED) is 0.575. The highest BCUT2D eigenvalue weighted by Gasteiger charge is 2.15. The van der Waals surface area contributed by atoms with Gasteiger partial charge in [0.1, 0.15) is 22.9 Å². The van der Waals surface area contributed by atoms with Crippen molar-refractivity contribution in [3.63, 3.8) is 0 Å². The SMILES string of the molecule is CC[C@@H](Nc1cnc(C#N)c(Nc2cc(-c3ccccc3)ns2)n1)C(N)=O. The first-order chi connectivity index (χ1) is 13.1. The lowest BCUT2D eigenvalue weighted by atomic mass is 10.2. The van der Waals surface area contributed by atoms with E-state index in [1.54, 1.807) is 0 Å². The van der Waals surface area contributed by atoms with E-state index in [9.17, 15) is 10.1 Å². The van der Waals surface area contributed by atoms with E-state index in [2.05, 4.69) is 25.0 Å². The molecule has 3 aromatic rings. The molecule has 0 fully saturated rings. The first-order valence-corrected chi connectivity index (χ1v) is 9.00. The monoisotopic (exact) mass is 379 g/mol. The van der Waals surface area contributed by atoms with Crippen LogP contribution in [-0.2, 0) is 4.79 Å². The van der Waals surface area contributed by atoms with Crippen LogP contribution < -0.4 is 16.4 Å². The van der Waals surface area contributed by atoms with Crippen LogP contribution in [0.4, 0.5) is 16.6 Å². The Hall–Kier alpha value is -3.51. The lowest BCUT2D eigenvalue weighted by Gasteiger charge is -2.14. The number of rotatable bonds is 7. The zero-order valence-corrected chi connectivity index (χ0v) is 15.3. The lowest BCUT2D eigenvalue weighted by Crippen LogP contribution is -2.35. The third-order valence-electron chi connectivity index (χ3n) is 3.77. The molecule has 8 nitrogen and oxygen atoms in total. The van der Waals surface area contributed by atoms with Gasteiger partial charge in [0.25, 0.3) is 0 Å². The predicted molar refractivity (Wildman–Crippen MR) is 104 cm³/mol. The van der Waals surface area contributed by atoms with Gasteiger partial charge in [0, 0.05) is 11.6 Å². The maximum absolute atomic E-state index is 11.4. The Bertz CT molecular complexity index is 981. The summed E-state index contributed by atoms with van der Waals surface area (Å²) in [6, 6.07) is 13.1. The highest BCUT2D eigenvalue weighted by molar-refractivity contribution is 7.10. The lowest BCUT2D eigenvalue weighted by molar-refractivity contribution is -0.118. The highest BCUT2D eigenvalue weighted by atomic mass is 32.1. The molecule has 2 aromatic heterocycles. The molecule has 27 heavy (non-hydrogen) atoms. The van der Waals surface area contributed by atoms with Crippen LogP contribution >= 0.6 is 11.5 Å². The molecule has 1 amide bonds. The summed E-state index contributed by atoms with van der Waals surface area (Å²) in [6.45, 7) is 1.83. The molecule has 0 unspecified atom stereocenters. The average molecular weight is 379 g/mol. The molecule has 0 spiro atoms. The van der Waals surface area contributed by atoms with Crippen LogP contribution in [0.5, 0.6) is 0 Å². The van der Waals surface area contributed by atoms with Crippen molar-refractivity contribution in [3.05, 3.63) is 48.3 Å². The molecule has 3 rings (SSSR count). The number of carbonyl (C=O) groups excluding carboxylic acids is 1. The molecular weight excluding hydrogens is 362 g/mol. The van der Waals surface area contributed by atoms with Crippen LogP contribution in [0.2, 0.25) is 0 Å². The number of nitrogens with two attached hydrogens (primary N) is 1. The Morgan fingerprint density at radius 2 is 2.15 bits per heavy atom. The molecule has 0 saturated carbocycles. The summed E-state index contributed by atoms with van der Waals surface area (Å²) in [5.41, 5.74) is 7.31. The van der Waals surface area contributed by atoms with E-state index < -0.39 is 11.9 Å². The molecule has 136 valence electrons. The minimum atomic E-state index is -0.562. The van der Waals surface area contributed by atoms with Gasteiger partial charge < -0.3 is 16.4 Å². The number of nitriles is 1. The number of amides is 1. The molecule has 1 atom stereocenters. The van der Waals surface area contributed by atoms with Crippen molar-refractivity contribution in [2.45, 2.75) is 19.4 Å². The van der Waals surface area contributed by atoms with Gasteiger partial charge in [-0.25, -0.2) is 9.97 Å². The van der Waals surface area contributed by atoms with Crippen molar-refractivity contribution in [2.24, 2.45) is 5.73 Å². The fourth-order valence-electron chi connectivity index (χ4n) is 2.38. The van der Waals surface area contributed by atoms with Crippen molar-refractivity contribution in [1.29, 1.82) is 5.26 Å². The summed E-state index contributed by atoms with van der Waals surface area (Å²) >= 11 is 1.25. The van der Waals surface area contributed by atoms with Crippen LogP contribution in [0, 0.1) is 11.3 Å². The Morgan fingerprint density at radius 1 is 1.37 bits per heavy atom. The topological polar surface area (TPSA) is 130 Å². The molecule has 0 saturated heterocycles. The summed E-state index contributed by atoms with van der Waals surface area (Å²) in [6.07, 6.45) is 1.91. The molecule has 2 heterocycles. The Labute approximate surface area is 160 Å². The minimum Gasteiger partial charge on any atom is -0.368 e. The fourth-order valence-corrected chi connectivity index (χ4v) is 3.04. The van der Waals surface area contributed by atoms with E-state index in [1.807, 2.05) is 49.4 Å². The number of hydrogen-bond donors (Lipinski definition) is 3. The molecule has 9 heteroatoms. The zero-order chi connectivity index (χ0) is 19.2. The van der Waals surface area contributed by atoms with Crippen LogP contribution in [0.1, 0.15) is 19.0 Å². The number of carbonyl (C=O) groups is 1. The van der Waals surface area contributed by atoms with E-state index in [0.717, 1.165) is 16.3 Å². The van der Waals surface area contributed by atoms with E-state index in [1.165, 1.54) is 17.7 Å². The van der Waals surface area contributed by atoms with Crippen molar-refractivity contribution in [3.8, 4) is 17.3 Å². The maximum Gasteiger partial charge on any atom is 0.239 e. The fraction of sp³-hybridized carbons (Fsp3) is 0.167. The summed E-state index contributed by atoms with van der Waals surface area (Å²) < 4.78 is 4.42. The van der Waals surface area contributed by atoms with Gasteiger partial charge in [-0.1, -0.05) is 37.3 Å². The normalized spacial score (nSPS) is 11.4. The minimum absolute atomic E-state index is 0.141. The number of nitrogens with zero attached hydrogens (tertiary/aromatic N) is 4. The van der Waals surface area contributed by atoms with Gasteiger partial charge in [-0.15, -0.1) is 0 Å². The van der Waals surface area contributed by atoms with Gasteiger partial charge in [0.05, 0.1) is 11.9 Å². The predicted octanol–water partition coefficient (Wildman–Crippen LogP) is 2.89. The van der Waals surface area contributed by atoms with Crippen molar-refractivity contribution < 1.29 is 4.79 Å². The number of nitrogens with one attached hydrogen (secondary N) is 2. The molecular formula is C18H17N7OS. The van der Waals surface area contributed by atoms with E-state index in [-0.39, 0.29) is 11.5 Å². The van der Waals surface area contributed by atoms with Crippen LogP contribution in [0.25, 0.3) is 11.3 Å². The third-order valence-corrected chi connectivity index (χ3v) is 4.48. The number of hydrogen-bond acceptors (Lipinski definition) is 8. The standard InChI is InChI=1S/C18H17N7OS/c1-2-12(17(20)26)22-15-10-21-14(9-19)18(23-15)24-16-8-13(25-27-16)11-6-4-3-5-7-11/h3-8,10,12H,2H2,1H3,(H2,20,26)(H2,22,23,24)/t12-/m1/s1. The average Bonchev–Trinajstić information content (AvgIpc) is 3.15. The van der Waals surface area contributed by atoms with Crippen LogP contribution in [0.3, 0.4) is 0 Å². The summed E-state index contributed by atoms with van der Waals surface area (Å²) in [5, 5.41) is 16.0. The largest absolute Gasteiger partial charge is 0.368 e. The van der Waals surface area contributed by atoms with E-state index in [0.29, 0.717) is 12.2 Å². The molecule has 0 bridgehead atoms. The van der Waals surface area contributed by atoms with Gasteiger partial charge in [0.2, 0.25) is 5.91 Å². The first kappa shape index (κ1) is 18.3. The Morgan fingerprint density at radius 3 is 2.81 bits per heavy atom. The van der Waals surface area contributed by atoms with Gasteiger partial charge >= 0.3 is 0 Å². The Balaban J connectivity index is 1.84. The van der Waals surface area contributed by atoms with Crippen molar-refractivity contribution in [2.75, 3.05) is 10.6 Å². The van der Waals surface area contributed by atoms with Crippen molar-refractivity contribution >= 4 is 34.1 Å². The summed E-state index contributed by atoms with van der Waals surface area (Å²) in [7, 11) is 0. The molecule has 0 aliphatic heterocycles. The first-order valence-electron chi connectivity index (χ1n) is 8.23. The number of benzene rings is 1. The van der Waals surface area contributed by atoms with Gasteiger partial charge in [-0.3, -0.25) is 4.79 Å². The van der Waals surface area contributed by atoms with Crippen LogP contribution in [0.15, 0.2) is 42.6 Å². The van der Waals surface area contributed by atoms with Gasteiger partial charge in [-0.05, 0) is 18.0 Å². The summed E-state index contributed by atoms with van der Waals surface area (Å²) in [5.74, 6) is 0.160. The second kappa shape index (κ2) is 8.25. The van der Waals surface area contributed by atoms with E-state index >= 15 is 0 Å². The van der Waals surface area contributed by atoms with Gasteiger partial charge in [-0.2, -0.15) is 9.64 Å². The smallest absolute Gasteiger partial charge is 0.239 e. The molecule has 0 aliphatic carbocycles. The number of anilines is 3. The van der Waals surface area contributed by atoms with E-state index in [4.69, 9.17) is 5.73 Å². The van der Waals surface area contributed by atoms with Crippen LogP contribution in [-0.4, -0.2) is 26.3 Å². The number of primary amides is 1. The second-order valence-corrected chi connectivity index (χ2v) is 6.44. The summed E-state index contributed by atoms with van der Waals surface area (Å²) in [4.78, 5) is 19.9. The second-order valence-electron chi connectivity index (χ2n) is 5.64. The zero-order valence-electron chi connectivity index (χ0n) is 14.5. The van der Waals surface area contributed by atoms with Crippen molar-refractivity contribution in [1.82, 2.24) is 14.3 Å². The highest BCUT2D eigenvalue weighted by Crippen LogP contribution is 2.28. The molecule has 0 aliphatic rings. The molecule has 1 aromatic carbocycles. The molecule has 4 N–H and O–H groups in total. The molecule has 0 radical (unpaired) electrons. The third kappa shape index (κ3) is 4.37. The maximum atomic E-state index is 11.4. The van der Waals surface area contributed by atoms with Gasteiger partial charge in [0.15, 0.2) is 11.5 Å². The number of aromatic nitrogens is 3. The Kier molecular flexibility index (Phi) is 5.58.